The highest BCUT2D eigenvalue weighted by molar-refractivity contribution is 9.10. The molecule has 8 nitrogen and oxygen atoms in total. The van der Waals surface area contributed by atoms with E-state index in [2.05, 4.69) is 21.2 Å². The number of carbonyl (C=O) groups excluding carboxylic acids is 2. The largest absolute Gasteiger partial charge is 0.497 e. The first-order valence-electron chi connectivity index (χ1n) is 11.0. The Labute approximate surface area is 210 Å². The molecule has 2 aromatic rings. The van der Waals surface area contributed by atoms with Gasteiger partial charge >= 0.3 is 0 Å². The Kier molecular flexibility index (Phi) is 10.4. The zero-order chi connectivity index (χ0) is 25.3. The molecule has 2 rings (SSSR count). The first kappa shape index (κ1) is 27.7. The van der Waals surface area contributed by atoms with Crippen LogP contribution >= 0.6 is 15.9 Å². The van der Waals surface area contributed by atoms with Crippen LogP contribution in [0.5, 0.6) is 5.75 Å². The average Bonchev–Trinajstić information content (AvgIpc) is 2.80. The summed E-state index contributed by atoms with van der Waals surface area (Å²) in [5, 5.41) is 2.86. The SMILES string of the molecule is CCCCNC(=O)C(C)N(Cc1cccc(Br)c1)C(=O)CN(c1ccc(OC)cc1)S(C)(=O)=O. The Morgan fingerprint density at radius 1 is 1.15 bits per heavy atom. The van der Waals surface area contributed by atoms with Crippen LogP contribution in [-0.2, 0) is 26.2 Å². The minimum absolute atomic E-state index is 0.154. The summed E-state index contributed by atoms with van der Waals surface area (Å²) in [6.07, 6.45) is 2.81. The lowest BCUT2D eigenvalue weighted by Crippen LogP contribution is -2.51. The van der Waals surface area contributed by atoms with Crippen molar-refractivity contribution in [1.82, 2.24) is 10.2 Å². The van der Waals surface area contributed by atoms with E-state index in [1.165, 1.54) is 12.0 Å². The molecule has 0 saturated carbocycles. The number of hydrogen-bond acceptors (Lipinski definition) is 5. The standard InChI is InChI=1S/C24H32BrN3O5S/c1-5-6-14-26-24(30)18(2)27(16-19-8-7-9-20(25)15-19)23(29)17-28(34(4,31)32)21-10-12-22(33-3)13-11-21/h7-13,15,18H,5-6,14,16-17H2,1-4H3,(H,26,30). The van der Waals surface area contributed by atoms with Crippen LogP contribution in [0.1, 0.15) is 32.3 Å². The summed E-state index contributed by atoms with van der Waals surface area (Å²) in [4.78, 5) is 27.7. The monoisotopic (exact) mass is 553 g/mol. The number of nitrogens with zero attached hydrogens (tertiary/aromatic N) is 2. The van der Waals surface area contributed by atoms with Crippen LogP contribution in [0.15, 0.2) is 53.0 Å². The molecular formula is C24H32BrN3O5S. The van der Waals surface area contributed by atoms with Crippen LogP contribution in [0.3, 0.4) is 0 Å². The van der Waals surface area contributed by atoms with Crippen molar-refractivity contribution in [2.45, 2.75) is 39.3 Å². The summed E-state index contributed by atoms with van der Waals surface area (Å²) in [6.45, 7) is 3.90. The maximum atomic E-state index is 13.5. The predicted octanol–water partition coefficient (Wildman–Crippen LogP) is 3.56. The van der Waals surface area contributed by atoms with Gasteiger partial charge in [-0.3, -0.25) is 13.9 Å². The van der Waals surface area contributed by atoms with Gasteiger partial charge in [-0.25, -0.2) is 8.42 Å². The van der Waals surface area contributed by atoms with Crippen LogP contribution in [0, 0.1) is 0 Å². The zero-order valence-electron chi connectivity index (χ0n) is 20.0. The molecule has 0 aliphatic heterocycles. The number of methoxy groups -OCH3 is 1. The molecule has 1 unspecified atom stereocenters. The topological polar surface area (TPSA) is 96.0 Å². The lowest BCUT2D eigenvalue weighted by Gasteiger charge is -2.31. The lowest BCUT2D eigenvalue weighted by molar-refractivity contribution is -0.139. The van der Waals surface area contributed by atoms with E-state index in [4.69, 9.17) is 4.74 Å². The quantitative estimate of drug-likeness (QED) is 0.405. The maximum Gasteiger partial charge on any atom is 0.244 e. The van der Waals surface area contributed by atoms with Gasteiger partial charge in [0.25, 0.3) is 0 Å². The number of hydrogen-bond donors (Lipinski definition) is 1. The van der Waals surface area contributed by atoms with Gasteiger partial charge < -0.3 is 15.0 Å². The molecule has 0 bridgehead atoms. The molecule has 0 aromatic heterocycles. The van der Waals surface area contributed by atoms with E-state index >= 15 is 0 Å². The Hall–Kier alpha value is -2.59. The van der Waals surface area contributed by atoms with Crippen molar-refractivity contribution < 1.29 is 22.7 Å². The van der Waals surface area contributed by atoms with Crippen molar-refractivity contribution in [3.05, 3.63) is 58.6 Å². The number of halogens is 1. The lowest BCUT2D eigenvalue weighted by atomic mass is 10.1. The Balaban J connectivity index is 2.34. The van der Waals surface area contributed by atoms with Gasteiger partial charge in [0.2, 0.25) is 21.8 Å². The van der Waals surface area contributed by atoms with Crippen molar-refractivity contribution in [1.29, 1.82) is 0 Å². The van der Waals surface area contributed by atoms with Gasteiger partial charge in [0, 0.05) is 17.6 Å². The van der Waals surface area contributed by atoms with E-state index in [9.17, 15) is 18.0 Å². The fraction of sp³-hybridized carbons (Fsp3) is 0.417. The number of benzene rings is 2. The van der Waals surface area contributed by atoms with Crippen LogP contribution in [-0.4, -0.2) is 57.6 Å². The van der Waals surface area contributed by atoms with Crippen molar-refractivity contribution in [2.75, 3.05) is 30.8 Å². The molecule has 34 heavy (non-hydrogen) atoms. The van der Waals surface area contributed by atoms with Crippen LogP contribution in [0.4, 0.5) is 5.69 Å². The molecule has 0 aliphatic carbocycles. The highest BCUT2D eigenvalue weighted by Crippen LogP contribution is 2.22. The van der Waals surface area contributed by atoms with Crippen molar-refractivity contribution in [3.8, 4) is 5.75 Å². The number of ether oxygens (including phenoxy) is 1. The number of unbranched alkanes of at least 4 members (excludes halogenated alkanes) is 1. The third-order valence-corrected chi connectivity index (χ3v) is 6.91. The van der Waals surface area contributed by atoms with Gasteiger partial charge in [-0.15, -0.1) is 0 Å². The van der Waals surface area contributed by atoms with Crippen LogP contribution < -0.4 is 14.4 Å². The molecule has 0 spiro atoms. The van der Waals surface area contributed by atoms with Gasteiger partial charge in [-0.2, -0.15) is 0 Å². The number of nitrogens with one attached hydrogen (secondary N) is 1. The minimum atomic E-state index is -3.77. The molecule has 1 N–H and O–H groups in total. The Morgan fingerprint density at radius 3 is 2.38 bits per heavy atom. The van der Waals surface area contributed by atoms with E-state index < -0.39 is 28.5 Å². The number of anilines is 1. The second-order valence-corrected chi connectivity index (χ2v) is 10.8. The summed E-state index contributed by atoms with van der Waals surface area (Å²) in [5.41, 5.74) is 1.14. The molecule has 0 saturated heterocycles. The molecule has 2 amide bonds. The summed E-state index contributed by atoms with van der Waals surface area (Å²) in [7, 11) is -2.26. The third-order valence-electron chi connectivity index (χ3n) is 5.28. The highest BCUT2D eigenvalue weighted by Gasteiger charge is 2.30. The Bertz CT molecular complexity index is 1080. The molecule has 1 atom stereocenters. The van der Waals surface area contributed by atoms with E-state index in [1.54, 1.807) is 31.2 Å². The van der Waals surface area contributed by atoms with Crippen molar-refractivity contribution >= 4 is 43.5 Å². The molecule has 186 valence electrons. The summed E-state index contributed by atoms with van der Waals surface area (Å²) in [5.74, 6) is -0.205. The van der Waals surface area contributed by atoms with Crippen molar-refractivity contribution in [3.63, 3.8) is 0 Å². The predicted molar refractivity (Wildman–Crippen MR) is 137 cm³/mol. The summed E-state index contributed by atoms with van der Waals surface area (Å²) >= 11 is 3.43. The highest BCUT2D eigenvalue weighted by atomic mass is 79.9. The van der Waals surface area contributed by atoms with Gasteiger partial charge in [0.1, 0.15) is 18.3 Å². The van der Waals surface area contributed by atoms with Gasteiger partial charge in [-0.1, -0.05) is 41.4 Å². The molecule has 0 aliphatic rings. The van der Waals surface area contributed by atoms with E-state index in [-0.39, 0.29) is 12.5 Å². The summed E-state index contributed by atoms with van der Waals surface area (Å²) < 4.78 is 32.1. The number of rotatable bonds is 12. The van der Waals surface area contributed by atoms with E-state index in [0.29, 0.717) is 18.0 Å². The molecule has 0 fully saturated rings. The third kappa shape index (κ3) is 8.02. The van der Waals surface area contributed by atoms with Crippen LogP contribution in [0.2, 0.25) is 0 Å². The van der Waals surface area contributed by atoms with Gasteiger partial charge in [0.05, 0.1) is 19.1 Å². The molecule has 0 radical (unpaired) electrons. The average molecular weight is 555 g/mol. The van der Waals surface area contributed by atoms with Crippen LogP contribution in [0.25, 0.3) is 0 Å². The minimum Gasteiger partial charge on any atom is -0.497 e. The first-order chi connectivity index (χ1) is 16.1. The molecule has 10 heteroatoms. The molecule has 2 aromatic carbocycles. The Morgan fingerprint density at radius 2 is 1.82 bits per heavy atom. The van der Waals surface area contributed by atoms with Gasteiger partial charge in [-0.05, 0) is 55.3 Å². The maximum absolute atomic E-state index is 13.5. The van der Waals surface area contributed by atoms with Gasteiger partial charge in [0.15, 0.2) is 0 Å². The fourth-order valence-corrected chi connectivity index (χ4v) is 4.61. The van der Waals surface area contributed by atoms with E-state index in [0.717, 1.165) is 33.4 Å². The molecular weight excluding hydrogens is 522 g/mol. The number of carbonyl (C=O) groups is 2. The van der Waals surface area contributed by atoms with E-state index in [1.807, 2.05) is 31.2 Å². The van der Waals surface area contributed by atoms with Crippen molar-refractivity contribution in [2.24, 2.45) is 0 Å². The summed E-state index contributed by atoms with van der Waals surface area (Å²) in [6, 6.07) is 13.0. The fourth-order valence-electron chi connectivity index (χ4n) is 3.31. The zero-order valence-corrected chi connectivity index (χ0v) is 22.4. The normalized spacial score (nSPS) is 12.0. The number of amides is 2. The smallest absolute Gasteiger partial charge is 0.244 e. The number of sulfonamides is 1. The first-order valence-corrected chi connectivity index (χ1v) is 13.6. The second-order valence-electron chi connectivity index (χ2n) is 7.94. The second kappa shape index (κ2) is 12.8. The molecule has 0 heterocycles.